The van der Waals surface area contributed by atoms with Crippen molar-refractivity contribution < 1.29 is 0 Å². The van der Waals surface area contributed by atoms with Crippen LogP contribution >= 0.6 is 11.6 Å². The second kappa shape index (κ2) is 5.92. The zero-order valence-corrected chi connectivity index (χ0v) is 12.4. The summed E-state index contributed by atoms with van der Waals surface area (Å²) in [7, 11) is 2.15. The molecule has 0 aliphatic heterocycles. The Morgan fingerprint density at radius 3 is 2.61 bits per heavy atom. The molecule has 1 fully saturated rings. The number of aromatic nitrogens is 1. The zero-order valence-electron chi connectivity index (χ0n) is 11.7. The van der Waals surface area contributed by atoms with Crippen molar-refractivity contribution in [1.82, 2.24) is 4.98 Å². The lowest BCUT2D eigenvalue weighted by Gasteiger charge is -2.25. The molecule has 1 aliphatic rings. The third-order valence-corrected chi connectivity index (χ3v) is 4.22. The van der Waals surface area contributed by atoms with Crippen molar-refractivity contribution in [3.05, 3.63) is 22.9 Å². The second-order valence-corrected chi connectivity index (χ2v) is 5.81. The highest BCUT2D eigenvalue weighted by Crippen LogP contribution is 2.29. The second-order valence-electron chi connectivity index (χ2n) is 5.55. The first-order chi connectivity index (χ1) is 8.61. The summed E-state index contributed by atoms with van der Waals surface area (Å²) in [5, 5.41) is 0. The molecular formula is C15H23ClN2. The van der Waals surface area contributed by atoms with Crippen LogP contribution in [0.5, 0.6) is 0 Å². The Kier molecular flexibility index (Phi) is 4.50. The average molecular weight is 267 g/mol. The number of rotatable bonds is 4. The van der Waals surface area contributed by atoms with E-state index in [2.05, 4.69) is 36.8 Å². The Morgan fingerprint density at radius 1 is 1.33 bits per heavy atom. The van der Waals surface area contributed by atoms with Gasteiger partial charge in [-0.1, -0.05) is 12.8 Å². The van der Waals surface area contributed by atoms with Gasteiger partial charge in [0.1, 0.15) is 5.82 Å². The standard InChI is InChI=1S/C15H23ClN2/c1-11-8-12(2)17-15(14(11)9-16)18(3)10-13-6-4-5-7-13/h8,13H,4-7,9-10H2,1-3H3. The molecule has 2 rings (SSSR count). The first kappa shape index (κ1) is 13.7. The Morgan fingerprint density at radius 2 is 2.00 bits per heavy atom. The van der Waals surface area contributed by atoms with E-state index in [1.807, 2.05) is 0 Å². The van der Waals surface area contributed by atoms with Crippen molar-refractivity contribution in [3.8, 4) is 0 Å². The number of nitrogens with zero attached hydrogens (tertiary/aromatic N) is 2. The third-order valence-electron chi connectivity index (χ3n) is 3.96. The molecule has 0 spiro atoms. The van der Waals surface area contributed by atoms with E-state index >= 15 is 0 Å². The predicted molar refractivity (Wildman–Crippen MR) is 78.5 cm³/mol. The Labute approximate surface area is 115 Å². The Bertz CT molecular complexity index is 411. The molecule has 3 heteroatoms. The van der Waals surface area contributed by atoms with Crippen molar-refractivity contribution in [3.63, 3.8) is 0 Å². The summed E-state index contributed by atoms with van der Waals surface area (Å²) in [6.45, 7) is 5.29. The highest BCUT2D eigenvalue weighted by Gasteiger charge is 2.19. The molecule has 18 heavy (non-hydrogen) atoms. The fourth-order valence-electron chi connectivity index (χ4n) is 2.99. The molecule has 2 nitrogen and oxygen atoms in total. The van der Waals surface area contributed by atoms with Crippen LogP contribution in [0.4, 0.5) is 5.82 Å². The van der Waals surface area contributed by atoms with Gasteiger partial charge in [0.25, 0.3) is 0 Å². The molecule has 0 unspecified atom stereocenters. The summed E-state index contributed by atoms with van der Waals surface area (Å²) in [5.74, 6) is 2.46. The van der Waals surface area contributed by atoms with Crippen LogP contribution in [-0.2, 0) is 5.88 Å². The summed E-state index contributed by atoms with van der Waals surface area (Å²) in [4.78, 5) is 6.99. The third kappa shape index (κ3) is 2.97. The summed E-state index contributed by atoms with van der Waals surface area (Å²) in [5.41, 5.74) is 3.52. The minimum absolute atomic E-state index is 0.545. The molecule has 1 aromatic rings. The molecular weight excluding hydrogens is 244 g/mol. The van der Waals surface area contributed by atoms with Gasteiger partial charge < -0.3 is 4.90 Å². The van der Waals surface area contributed by atoms with Crippen LogP contribution in [0, 0.1) is 19.8 Å². The summed E-state index contributed by atoms with van der Waals surface area (Å²) in [6.07, 6.45) is 5.51. The van der Waals surface area contributed by atoms with Gasteiger partial charge >= 0.3 is 0 Å². The van der Waals surface area contributed by atoms with E-state index in [1.165, 1.54) is 36.8 Å². The quantitative estimate of drug-likeness (QED) is 0.764. The van der Waals surface area contributed by atoms with E-state index in [-0.39, 0.29) is 0 Å². The highest BCUT2D eigenvalue weighted by atomic mass is 35.5. The first-order valence-corrected chi connectivity index (χ1v) is 7.39. The first-order valence-electron chi connectivity index (χ1n) is 6.86. The number of hydrogen-bond donors (Lipinski definition) is 0. The van der Waals surface area contributed by atoms with Gasteiger partial charge in [-0.15, -0.1) is 11.6 Å². The van der Waals surface area contributed by atoms with E-state index in [4.69, 9.17) is 11.6 Å². The van der Waals surface area contributed by atoms with Crippen LogP contribution < -0.4 is 4.90 Å². The van der Waals surface area contributed by atoms with Crippen LogP contribution in [-0.4, -0.2) is 18.6 Å². The highest BCUT2D eigenvalue weighted by molar-refractivity contribution is 6.17. The lowest BCUT2D eigenvalue weighted by molar-refractivity contribution is 0.544. The molecule has 1 saturated carbocycles. The average Bonchev–Trinajstić information content (AvgIpc) is 2.80. The zero-order chi connectivity index (χ0) is 13.1. The summed E-state index contributed by atoms with van der Waals surface area (Å²) < 4.78 is 0. The van der Waals surface area contributed by atoms with Crippen molar-refractivity contribution in [2.45, 2.75) is 45.4 Å². The molecule has 0 aromatic carbocycles. The number of halogens is 1. The minimum atomic E-state index is 0.545. The van der Waals surface area contributed by atoms with Gasteiger partial charge in [0.05, 0.1) is 5.88 Å². The van der Waals surface area contributed by atoms with Gasteiger partial charge in [-0.25, -0.2) is 4.98 Å². The molecule has 0 N–H and O–H groups in total. The summed E-state index contributed by atoms with van der Waals surface area (Å²) >= 11 is 6.08. The van der Waals surface area contributed by atoms with Crippen molar-refractivity contribution in [2.24, 2.45) is 5.92 Å². The topological polar surface area (TPSA) is 16.1 Å². The smallest absolute Gasteiger partial charge is 0.133 e. The fourth-order valence-corrected chi connectivity index (χ4v) is 3.32. The van der Waals surface area contributed by atoms with E-state index in [0.717, 1.165) is 24.0 Å². The van der Waals surface area contributed by atoms with Crippen LogP contribution in [0.1, 0.15) is 42.5 Å². The van der Waals surface area contributed by atoms with Gasteiger partial charge in [0, 0.05) is 24.8 Å². The number of anilines is 1. The largest absolute Gasteiger partial charge is 0.359 e. The molecule has 100 valence electrons. The molecule has 0 saturated heterocycles. The van der Waals surface area contributed by atoms with Crippen LogP contribution in [0.25, 0.3) is 0 Å². The maximum absolute atomic E-state index is 6.08. The lowest BCUT2D eigenvalue weighted by atomic mass is 10.1. The molecule has 1 aliphatic carbocycles. The molecule has 1 aromatic heterocycles. The maximum atomic E-state index is 6.08. The van der Waals surface area contributed by atoms with Crippen LogP contribution in [0.2, 0.25) is 0 Å². The minimum Gasteiger partial charge on any atom is -0.359 e. The van der Waals surface area contributed by atoms with Crippen molar-refractivity contribution in [1.29, 1.82) is 0 Å². The van der Waals surface area contributed by atoms with Gasteiger partial charge in [-0.05, 0) is 44.2 Å². The summed E-state index contributed by atoms with van der Waals surface area (Å²) in [6, 6.07) is 2.12. The molecule has 0 atom stereocenters. The molecule has 0 amide bonds. The molecule has 0 radical (unpaired) electrons. The van der Waals surface area contributed by atoms with Gasteiger partial charge in [0.15, 0.2) is 0 Å². The normalized spacial score (nSPS) is 16.2. The molecule has 0 bridgehead atoms. The van der Waals surface area contributed by atoms with E-state index in [0.29, 0.717) is 5.88 Å². The Balaban J connectivity index is 2.19. The SMILES string of the molecule is Cc1cc(C)c(CCl)c(N(C)CC2CCCC2)n1. The monoisotopic (exact) mass is 266 g/mol. The Hall–Kier alpha value is -0.760. The molecule has 1 heterocycles. The number of hydrogen-bond acceptors (Lipinski definition) is 2. The van der Waals surface area contributed by atoms with E-state index in [9.17, 15) is 0 Å². The predicted octanol–water partition coefficient (Wildman–Crippen LogP) is 4.06. The van der Waals surface area contributed by atoms with Crippen molar-refractivity contribution in [2.75, 3.05) is 18.5 Å². The van der Waals surface area contributed by atoms with Gasteiger partial charge in [-0.3, -0.25) is 0 Å². The number of alkyl halides is 1. The van der Waals surface area contributed by atoms with E-state index in [1.54, 1.807) is 0 Å². The lowest BCUT2D eigenvalue weighted by Crippen LogP contribution is -2.26. The van der Waals surface area contributed by atoms with Crippen LogP contribution in [0.15, 0.2) is 6.07 Å². The maximum Gasteiger partial charge on any atom is 0.133 e. The van der Waals surface area contributed by atoms with Gasteiger partial charge in [0.2, 0.25) is 0 Å². The number of aryl methyl sites for hydroxylation is 2. The fraction of sp³-hybridized carbons (Fsp3) is 0.667. The van der Waals surface area contributed by atoms with E-state index < -0.39 is 0 Å². The number of pyridine rings is 1. The van der Waals surface area contributed by atoms with Gasteiger partial charge in [-0.2, -0.15) is 0 Å². The van der Waals surface area contributed by atoms with Crippen LogP contribution in [0.3, 0.4) is 0 Å². The van der Waals surface area contributed by atoms with Crippen molar-refractivity contribution >= 4 is 17.4 Å².